The van der Waals surface area contributed by atoms with E-state index >= 15 is 0 Å². The average Bonchev–Trinajstić information content (AvgIpc) is 2.26. The number of hydrogen-bond donors (Lipinski definition) is 1. The summed E-state index contributed by atoms with van der Waals surface area (Å²) in [6, 6.07) is 3.77. The second kappa shape index (κ2) is 4.63. The maximum absolute atomic E-state index is 13.5. The van der Waals surface area contributed by atoms with E-state index < -0.39 is 5.82 Å². The molecule has 0 aliphatic heterocycles. The summed E-state index contributed by atoms with van der Waals surface area (Å²) < 4.78 is 26.6. The molecule has 1 aromatic carbocycles. The summed E-state index contributed by atoms with van der Waals surface area (Å²) in [5, 5.41) is 3.17. The Morgan fingerprint density at radius 1 is 1.24 bits per heavy atom. The fourth-order valence-electron chi connectivity index (χ4n) is 2.56. The SMILES string of the molecule is CC1(C)CCCCC1Nc1cc(F)ccc1F. The molecule has 0 radical (unpaired) electrons. The third kappa shape index (κ3) is 2.76. The lowest BCUT2D eigenvalue weighted by molar-refractivity contribution is 0.216. The molecule has 2 rings (SSSR count). The van der Waals surface area contributed by atoms with Gasteiger partial charge in [0, 0.05) is 6.04 Å². The van der Waals surface area contributed by atoms with Gasteiger partial charge in [0.2, 0.25) is 0 Å². The molecule has 1 fully saturated rings. The average molecular weight is 239 g/mol. The van der Waals surface area contributed by atoms with Gasteiger partial charge in [-0.05, 0) is 36.5 Å². The Morgan fingerprint density at radius 2 is 2.00 bits per heavy atom. The number of anilines is 1. The zero-order valence-electron chi connectivity index (χ0n) is 10.4. The second-order valence-electron chi connectivity index (χ2n) is 5.56. The van der Waals surface area contributed by atoms with Crippen LogP contribution in [-0.2, 0) is 0 Å². The van der Waals surface area contributed by atoms with Gasteiger partial charge in [-0.3, -0.25) is 0 Å². The molecule has 1 saturated carbocycles. The topological polar surface area (TPSA) is 12.0 Å². The third-order valence-corrected chi connectivity index (χ3v) is 3.77. The normalized spacial score (nSPS) is 23.4. The molecule has 3 heteroatoms. The Hall–Kier alpha value is -1.12. The molecule has 1 unspecified atom stereocenters. The van der Waals surface area contributed by atoms with Gasteiger partial charge >= 0.3 is 0 Å². The first kappa shape index (κ1) is 12.3. The predicted molar refractivity (Wildman–Crippen MR) is 66.0 cm³/mol. The highest BCUT2D eigenvalue weighted by molar-refractivity contribution is 5.46. The fourth-order valence-corrected chi connectivity index (χ4v) is 2.56. The summed E-state index contributed by atoms with van der Waals surface area (Å²) >= 11 is 0. The van der Waals surface area contributed by atoms with Crippen molar-refractivity contribution >= 4 is 5.69 Å². The summed E-state index contributed by atoms with van der Waals surface area (Å²) in [6.07, 6.45) is 4.51. The van der Waals surface area contributed by atoms with E-state index in [1.54, 1.807) is 0 Å². The smallest absolute Gasteiger partial charge is 0.146 e. The van der Waals surface area contributed by atoms with Crippen molar-refractivity contribution in [2.24, 2.45) is 5.41 Å². The number of benzene rings is 1. The molecule has 1 aliphatic rings. The summed E-state index contributed by atoms with van der Waals surface area (Å²) in [4.78, 5) is 0. The number of rotatable bonds is 2. The highest BCUT2D eigenvalue weighted by atomic mass is 19.1. The monoisotopic (exact) mass is 239 g/mol. The van der Waals surface area contributed by atoms with Crippen LogP contribution < -0.4 is 5.32 Å². The van der Waals surface area contributed by atoms with Crippen LogP contribution in [-0.4, -0.2) is 6.04 Å². The molecule has 1 atom stereocenters. The first-order chi connectivity index (χ1) is 7.99. The summed E-state index contributed by atoms with van der Waals surface area (Å²) in [5.74, 6) is -0.782. The molecule has 1 nitrogen and oxygen atoms in total. The van der Waals surface area contributed by atoms with Crippen LogP contribution in [0.2, 0.25) is 0 Å². The van der Waals surface area contributed by atoms with Crippen LogP contribution in [0.15, 0.2) is 18.2 Å². The van der Waals surface area contributed by atoms with Crippen LogP contribution in [0.1, 0.15) is 39.5 Å². The maximum atomic E-state index is 13.5. The van der Waals surface area contributed by atoms with Crippen molar-refractivity contribution in [1.29, 1.82) is 0 Å². The highest BCUT2D eigenvalue weighted by Gasteiger charge is 2.32. The third-order valence-electron chi connectivity index (χ3n) is 3.77. The van der Waals surface area contributed by atoms with Crippen molar-refractivity contribution in [1.82, 2.24) is 0 Å². The van der Waals surface area contributed by atoms with Crippen LogP contribution >= 0.6 is 0 Å². The number of nitrogens with one attached hydrogen (secondary N) is 1. The molecule has 0 heterocycles. The molecule has 17 heavy (non-hydrogen) atoms. The van der Waals surface area contributed by atoms with E-state index in [0.29, 0.717) is 0 Å². The van der Waals surface area contributed by atoms with Crippen LogP contribution in [0.4, 0.5) is 14.5 Å². The van der Waals surface area contributed by atoms with E-state index in [1.165, 1.54) is 18.6 Å². The molecular formula is C14H19F2N. The van der Waals surface area contributed by atoms with Gasteiger partial charge in [0.05, 0.1) is 5.69 Å². The van der Waals surface area contributed by atoms with Gasteiger partial charge in [0.1, 0.15) is 11.6 Å². The largest absolute Gasteiger partial charge is 0.379 e. The quantitative estimate of drug-likeness (QED) is 0.809. The lowest BCUT2D eigenvalue weighted by Crippen LogP contribution is -2.39. The van der Waals surface area contributed by atoms with E-state index in [4.69, 9.17) is 0 Å². The zero-order chi connectivity index (χ0) is 12.5. The molecule has 0 spiro atoms. The van der Waals surface area contributed by atoms with Gasteiger partial charge in [-0.1, -0.05) is 26.7 Å². The molecule has 0 saturated heterocycles. The summed E-state index contributed by atoms with van der Waals surface area (Å²) in [5.41, 5.74) is 0.418. The lowest BCUT2D eigenvalue weighted by Gasteiger charge is -2.39. The van der Waals surface area contributed by atoms with Gasteiger partial charge < -0.3 is 5.32 Å². The van der Waals surface area contributed by atoms with E-state index in [0.717, 1.165) is 25.3 Å². The molecule has 0 aromatic heterocycles. The van der Waals surface area contributed by atoms with Crippen molar-refractivity contribution in [2.45, 2.75) is 45.6 Å². The molecule has 1 aliphatic carbocycles. The standard InChI is InChI=1S/C14H19F2N/c1-14(2)8-4-3-5-13(14)17-12-9-10(15)6-7-11(12)16/h6-7,9,13,17H,3-5,8H2,1-2H3. The minimum Gasteiger partial charge on any atom is -0.379 e. The van der Waals surface area contributed by atoms with E-state index in [9.17, 15) is 8.78 Å². The van der Waals surface area contributed by atoms with Crippen molar-refractivity contribution < 1.29 is 8.78 Å². The first-order valence-electron chi connectivity index (χ1n) is 6.21. The first-order valence-corrected chi connectivity index (χ1v) is 6.21. The minimum absolute atomic E-state index is 0.136. The Balaban J connectivity index is 2.16. The molecule has 1 N–H and O–H groups in total. The van der Waals surface area contributed by atoms with Crippen molar-refractivity contribution in [3.05, 3.63) is 29.8 Å². The summed E-state index contributed by atoms with van der Waals surface area (Å²) in [7, 11) is 0. The van der Waals surface area contributed by atoms with Crippen molar-refractivity contribution in [3.63, 3.8) is 0 Å². The van der Waals surface area contributed by atoms with E-state index in [1.807, 2.05) is 0 Å². The second-order valence-corrected chi connectivity index (χ2v) is 5.56. The van der Waals surface area contributed by atoms with Crippen molar-refractivity contribution in [3.8, 4) is 0 Å². The molecular weight excluding hydrogens is 220 g/mol. The molecule has 1 aromatic rings. The number of halogens is 2. The zero-order valence-corrected chi connectivity index (χ0v) is 10.4. The van der Waals surface area contributed by atoms with Gasteiger partial charge in [-0.15, -0.1) is 0 Å². The van der Waals surface area contributed by atoms with Gasteiger partial charge in [0.15, 0.2) is 0 Å². The minimum atomic E-state index is -0.400. The summed E-state index contributed by atoms with van der Waals surface area (Å²) in [6.45, 7) is 4.36. The highest BCUT2D eigenvalue weighted by Crippen LogP contribution is 2.37. The predicted octanol–water partition coefficient (Wildman–Crippen LogP) is 4.35. The van der Waals surface area contributed by atoms with Crippen molar-refractivity contribution in [2.75, 3.05) is 5.32 Å². The number of hydrogen-bond acceptors (Lipinski definition) is 1. The molecule has 94 valence electrons. The van der Waals surface area contributed by atoms with E-state index in [-0.39, 0.29) is 23.0 Å². The van der Waals surface area contributed by atoms with Crippen LogP contribution in [0.25, 0.3) is 0 Å². The Labute approximate surface area is 101 Å². The Bertz CT molecular complexity index is 401. The van der Waals surface area contributed by atoms with Crippen LogP contribution in [0, 0.1) is 17.0 Å². The van der Waals surface area contributed by atoms with Gasteiger partial charge in [-0.25, -0.2) is 8.78 Å². The van der Waals surface area contributed by atoms with Gasteiger partial charge in [-0.2, -0.15) is 0 Å². The maximum Gasteiger partial charge on any atom is 0.146 e. The van der Waals surface area contributed by atoms with E-state index in [2.05, 4.69) is 19.2 Å². The molecule has 0 amide bonds. The fraction of sp³-hybridized carbons (Fsp3) is 0.571. The molecule has 0 bridgehead atoms. The Kier molecular flexibility index (Phi) is 3.36. The van der Waals surface area contributed by atoms with Crippen LogP contribution in [0.5, 0.6) is 0 Å². The van der Waals surface area contributed by atoms with Crippen LogP contribution in [0.3, 0.4) is 0 Å². The van der Waals surface area contributed by atoms with Gasteiger partial charge in [0.25, 0.3) is 0 Å². The lowest BCUT2D eigenvalue weighted by atomic mass is 9.73. The Morgan fingerprint density at radius 3 is 2.71 bits per heavy atom.